The number of carbonyl (C=O) groups is 2. The van der Waals surface area contributed by atoms with E-state index in [1.165, 1.54) is 5.56 Å². The SMILES string of the molecule is O=C(O)OC1(CN2C(=O)CCc3ccc(CCN4CCN(c5cc(F)cc6sccc56)CC4)cc32)CCCCC1. The second kappa shape index (κ2) is 11.4. The van der Waals surface area contributed by atoms with E-state index < -0.39 is 11.8 Å². The summed E-state index contributed by atoms with van der Waals surface area (Å²) in [6.07, 6.45) is 4.92. The number of ether oxygens (including phenoxy) is 1. The number of anilines is 2. The van der Waals surface area contributed by atoms with Crippen LogP contribution in [0.4, 0.5) is 20.6 Å². The monoisotopic (exact) mass is 565 g/mol. The van der Waals surface area contributed by atoms with Gasteiger partial charge in [-0.1, -0.05) is 18.6 Å². The van der Waals surface area contributed by atoms with Crippen molar-refractivity contribution in [1.29, 1.82) is 0 Å². The summed E-state index contributed by atoms with van der Waals surface area (Å²) in [5.74, 6) is -0.145. The van der Waals surface area contributed by atoms with Crippen LogP contribution in [0.3, 0.4) is 0 Å². The van der Waals surface area contributed by atoms with Crippen molar-refractivity contribution in [2.75, 3.05) is 49.1 Å². The van der Waals surface area contributed by atoms with Crippen molar-refractivity contribution in [3.05, 3.63) is 58.7 Å². The van der Waals surface area contributed by atoms with Crippen LogP contribution in [0.25, 0.3) is 10.1 Å². The van der Waals surface area contributed by atoms with E-state index in [-0.39, 0.29) is 18.3 Å². The van der Waals surface area contributed by atoms with E-state index in [2.05, 4.69) is 34.1 Å². The average Bonchev–Trinajstić information content (AvgIpc) is 3.42. The lowest BCUT2D eigenvalue weighted by atomic mass is 9.83. The fraction of sp³-hybridized carbons (Fsp3) is 0.484. The molecule has 0 unspecified atom stereocenters. The zero-order chi connectivity index (χ0) is 27.7. The number of rotatable bonds is 7. The number of carbonyl (C=O) groups excluding carboxylic acids is 1. The summed E-state index contributed by atoms with van der Waals surface area (Å²) in [7, 11) is 0. The third-order valence-electron chi connectivity index (χ3n) is 8.81. The van der Waals surface area contributed by atoms with Gasteiger partial charge in [-0.25, -0.2) is 9.18 Å². The van der Waals surface area contributed by atoms with Crippen LogP contribution in [0, 0.1) is 5.82 Å². The molecule has 9 heteroatoms. The first-order valence-electron chi connectivity index (χ1n) is 14.4. The van der Waals surface area contributed by atoms with Crippen LogP contribution in [-0.2, 0) is 22.4 Å². The topological polar surface area (TPSA) is 73.3 Å². The Morgan fingerprint density at radius 3 is 2.58 bits per heavy atom. The molecule has 3 aromatic rings. The highest BCUT2D eigenvalue weighted by atomic mass is 32.1. The lowest BCUT2D eigenvalue weighted by Gasteiger charge is -2.41. The van der Waals surface area contributed by atoms with Crippen molar-refractivity contribution in [3.8, 4) is 0 Å². The predicted molar refractivity (Wildman–Crippen MR) is 156 cm³/mol. The molecule has 40 heavy (non-hydrogen) atoms. The molecule has 0 bridgehead atoms. The standard InChI is InChI=1S/C31H36FN3O4S/c32-24-19-27(25-9-17-40-28(25)20-24)34-15-13-33(14-16-34)12-8-22-4-5-23-6-7-29(36)35(26(23)18-22)21-31(39-30(37)38)10-2-1-3-11-31/h4-5,9,17-20H,1-3,6-8,10-16,21H2,(H,37,38). The predicted octanol–water partition coefficient (Wildman–Crippen LogP) is 6.08. The van der Waals surface area contributed by atoms with Gasteiger partial charge < -0.3 is 19.6 Å². The molecule has 0 atom stereocenters. The second-order valence-corrected chi connectivity index (χ2v) is 12.3. The van der Waals surface area contributed by atoms with E-state index in [4.69, 9.17) is 4.74 Å². The summed E-state index contributed by atoms with van der Waals surface area (Å²) in [4.78, 5) is 31.2. The molecule has 2 aliphatic heterocycles. The fourth-order valence-corrected chi connectivity index (χ4v) is 7.49. The highest BCUT2D eigenvalue weighted by Gasteiger charge is 2.40. The van der Waals surface area contributed by atoms with Gasteiger partial charge >= 0.3 is 6.16 Å². The van der Waals surface area contributed by atoms with Crippen LogP contribution in [0.2, 0.25) is 0 Å². The first-order valence-corrected chi connectivity index (χ1v) is 15.3. The van der Waals surface area contributed by atoms with Crippen LogP contribution in [0.1, 0.15) is 49.7 Å². The van der Waals surface area contributed by atoms with Gasteiger partial charge in [-0.3, -0.25) is 9.69 Å². The summed E-state index contributed by atoms with van der Waals surface area (Å²) in [5, 5.41) is 12.6. The van der Waals surface area contributed by atoms with E-state index in [1.807, 2.05) is 5.38 Å². The highest BCUT2D eigenvalue weighted by Crippen LogP contribution is 2.37. The molecule has 1 N–H and O–H groups in total. The number of hydrogen-bond donors (Lipinski definition) is 1. The Hall–Kier alpha value is -3.17. The number of carboxylic acid groups (broad SMARTS) is 1. The molecule has 2 fully saturated rings. The third-order valence-corrected chi connectivity index (χ3v) is 9.67. The number of amides is 1. The molecule has 6 rings (SSSR count). The first-order chi connectivity index (χ1) is 19.4. The molecule has 0 radical (unpaired) electrons. The minimum absolute atomic E-state index is 0.0387. The Kier molecular flexibility index (Phi) is 7.68. The maximum Gasteiger partial charge on any atom is 0.506 e. The number of thiophene rings is 1. The van der Waals surface area contributed by atoms with Gasteiger partial charge in [0.15, 0.2) is 0 Å². The van der Waals surface area contributed by atoms with Crippen LogP contribution in [0.15, 0.2) is 41.8 Å². The molecule has 7 nitrogen and oxygen atoms in total. The van der Waals surface area contributed by atoms with Gasteiger partial charge in [-0.2, -0.15) is 0 Å². The molecule has 1 aliphatic carbocycles. The summed E-state index contributed by atoms with van der Waals surface area (Å²) in [5.41, 5.74) is 3.36. The van der Waals surface area contributed by atoms with Crippen molar-refractivity contribution in [1.82, 2.24) is 4.90 Å². The van der Waals surface area contributed by atoms with Crippen LogP contribution < -0.4 is 9.80 Å². The average molecular weight is 566 g/mol. The molecular weight excluding hydrogens is 529 g/mol. The third kappa shape index (κ3) is 5.67. The number of halogens is 1. The molecule has 2 aromatic carbocycles. The Bertz CT molecular complexity index is 1390. The molecule has 1 saturated carbocycles. The molecule has 3 heterocycles. The largest absolute Gasteiger partial charge is 0.506 e. The zero-order valence-electron chi connectivity index (χ0n) is 22.7. The highest BCUT2D eigenvalue weighted by molar-refractivity contribution is 7.17. The lowest BCUT2D eigenvalue weighted by molar-refractivity contribution is -0.120. The molecule has 1 amide bonds. The Morgan fingerprint density at radius 2 is 1.80 bits per heavy atom. The van der Waals surface area contributed by atoms with Crippen molar-refractivity contribution in [2.24, 2.45) is 0 Å². The van der Waals surface area contributed by atoms with Crippen molar-refractivity contribution in [3.63, 3.8) is 0 Å². The molecule has 212 valence electrons. The van der Waals surface area contributed by atoms with E-state index >= 15 is 0 Å². The van der Waals surface area contributed by atoms with Crippen LogP contribution in [-0.4, -0.2) is 66.9 Å². The molecule has 3 aliphatic rings. The van der Waals surface area contributed by atoms with Gasteiger partial charge in [0.1, 0.15) is 11.4 Å². The quantitative estimate of drug-likeness (QED) is 0.350. The molecule has 0 spiro atoms. The minimum atomic E-state index is -1.27. The van der Waals surface area contributed by atoms with Gasteiger partial charge in [0.2, 0.25) is 5.91 Å². The molecule has 1 aromatic heterocycles. The Morgan fingerprint density at radius 1 is 1.00 bits per heavy atom. The first kappa shape index (κ1) is 27.0. The Balaban J connectivity index is 1.11. The van der Waals surface area contributed by atoms with Gasteiger partial charge in [0.25, 0.3) is 0 Å². The van der Waals surface area contributed by atoms with E-state index in [0.717, 1.165) is 85.4 Å². The number of aryl methyl sites for hydroxylation is 1. The zero-order valence-corrected chi connectivity index (χ0v) is 23.6. The number of piperazine rings is 1. The van der Waals surface area contributed by atoms with Crippen LogP contribution in [0.5, 0.6) is 0 Å². The number of nitrogens with zero attached hydrogens (tertiary/aromatic N) is 3. The second-order valence-electron chi connectivity index (χ2n) is 11.4. The maximum absolute atomic E-state index is 14.2. The summed E-state index contributed by atoms with van der Waals surface area (Å²) in [6, 6.07) is 11.8. The van der Waals surface area contributed by atoms with E-state index in [9.17, 15) is 19.1 Å². The number of benzene rings is 2. The van der Waals surface area contributed by atoms with Gasteiger partial charge in [-0.05, 0) is 79.3 Å². The van der Waals surface area contributed by atoms with Crippen molar-refractivity contribution < 1.29 is 23.8 Å². The fourth-order valence-electron chi connectivity index (χ4n) is 6.65. The minimum Gasteiger partial charge on any atom is -0.450 e. The van der Waals surface area contributed by atoms with E-state index in [1.54, 1.807) is 28.4 Å². The summed E-state index contributed by atoms with van der Waals surface area (Å²) >= 11 is 1.57. The normalized spacial score (nSPS) is 19.6. The van der Waals surface area contributed by atoms with Crippen molar-refractivity contribution >= 4 is 44.9 Å². The van der Waals surface area contributed by atoms with Crippen LogP contribution >= 0.6 is 11.3 Å². The Labute approximate surface area is 238 Å². The summed E-state index contributed by atoms with van der Waals surface area (Å²) in [6.45, 7) is 4.72. The van der Waals surface area contributed by atoms with Gasteiger partial charge in [0, 0.05) is 60.6 Å². The summed E-state index contributed by atoms with van der Waals surface area (Å²) < 4.78 is 20.7. The van der Waals surface area contributed by atoms with E-state index in [0.29, 0.717) is 25.7 Å². The lowest BCUT2D eigenvalue weighted by Crippen LogP contribution is -2.51. The van der Waals surface area contributed by atoms with Gasteiger partial charge in [-0.15, -0.1) is 11.3 Å². The van der Waals surface area contributed by atoms with Crippen molar-refractivity contribution in [2.45, 2.75) is 57.0 Å². The smallest absolute Gasteiger partial charge is 0.450 e. The maximum atomic E-state index is 14.2. The number of hydrogen-bond acceptors (Lipinski definition) is 6. The molecular formula is C31H36FN3O4S. The molecule has 1 saturated heterocycles. The number of fused-ring (bicyclic) bond motifs is 2. The van der Waals surface area contributed by atoms with Gasteiger partial charge in [0.05, 0.1) is 6.54 Å².